The third-order valence-electron chi connectivity index (χ3n) is 2.76. The van der Waals surface area contributed by atoms with Crippen molar-refractivity contribution in [2.45, 2.75) is 6.92 Å². The summed E-state index contributed by atoms with van der Waals surface area (Å²) in [6.45, 7) is 1.89. The van der Waals surface area contributed by atoms with Crippen molar-refractivity contribution in [1.29, 1.82) is 0 Å². The summed E-state index contributed by atoms with van der Waals surface area (Å²) in [4.78, 5) is 17.3. The number of rotatable bonds is 3. The van der Waals surface area contributed by atoms with Gasteiger partial charge in [-0.25, -0.2) is 4.79 Å². The van der Waals surface area contributed by atoms with Gasteiger partial charge in [0.05, 0.1) is 23.9 Å². The number of allylic oxidation sites excluding steroid dienone is 1. The highest BCUT2D eigenvalue weighted by Gasteiger charge is 2.21. The predicted molar refractivity (Wildman–Crippen MR) is 70.5 cm³/mol. The first-order valence-corrected chi connectivity index (χ1v) is 5.63. The molecule has 1 heterocycles. The number of aromatic nitrogens is 1. The van der Waals surface area contributed by atoms with Crippen LogP contribution in [0.1, 0.15) is 23.0 Å². The molecule has 0 saturated carbocycles. The predicted octanol–water partition coefficient (Wildman–Crippen LogP) is 2.52. The van der Waals surface area contributed by atoms with E-state index in [0.717, 1.165) is 10.9 Å². The number of esters is 1. The van der Waals surface area contributed by atoms with Gasteiger partial charge in [0.25, 0.3) is 0 Å². The zero-order valence-electron chi connectivity index (χ0n) is 10.6. The molecular weight excluding hydrogens is 230 g/mol. The minimum Gasteiger partial charge on any atom is -0.465 e. The van der Waals surface area contributed by atoms with E-state index in [2.05, 4.69) is 0 Å². The van der Waals surface area contributed by atoms with Crippen molar-refractivity contribution in [2.75, 3.05) is 14.2 Å². The van der Waals surface area contributed by atoms with Crippen molar-refractivity contribution in [3.05, 3.63) is 41.6 Å². The molecule has 0 fully saturated rings. The van der Waals surface area contributed by atoms with Crippen LogP contribution < -0.4 is 4.84 Å². The molecule has 0 atom stereocenters. The van der Waals surface area contributed by atoms with E-state index in [4.69, 9.17) is 9.57 Å². The standard InChI is InChI=1S/C14H15NO3/c1-4-7-12-13(14(16)17-2)10-8-5-6-9-11(10)15(12)18-3/h4-9H,1-3H3/b7-4+. The van der Waals surface area contributed by atoms with Crippen LogP contribution in [0.5, 0.6) is 0 Å². The van der Waals surface area contributed by atoms with Crippen LogP contribution in [0.2, 0.25) is 0 Å². The zero-order valence-corrected chi connectivity index (χ0v) is 10.6. The third kappa shape index (κ3) is 1.76. The fourth-order valence-corrected chi connectivity index (χ4v) is 2.05. The topological polar surface area (TPSA) is 40.5 Å². The molecule has 18 heavy (non-hydrogen) atoms. The molecule has 0 aliphatic rings. The Hall–Kier alpha value is -2.23. The molecule has 4 nitrogen and oxygen atoms in total. The van der Waals surface area contributed by atoms with Crippen LogP contribution in [0.3, 0.4) is 0 Å². The van der Waals surface area contributed by atoms with Gasteiger partial charge < -0.3 is 9.57 Å². The number of carbonyl (C=O) groups excluding carboxylic acids is 1. The highest BCUT2D eigenvalue weighted by Crippen LogP contribution is 2.27. The van der Waals surface area contributed by atoms with Crippen LogP contribution in [-0.4, -0.2) is 24.9 Å². The largest absolute Gasteiger partial charge is 0.465 e. The van der Waals surface area contributed by atoms with Crippen LogP contribution in [0, 0.1) is 0 Å². The minimum atomic E-state index is -0.366. The Labute approximate surface area is 105 Å². The van der Waals surface area contributed by atoms with E-state index in [9.17, 15) is 4.79 Å². The van der Waals surface area contributed by atoms with Crippen molar-refractivity contribution in [1.82, 2.24) is 4.73 Å². The Morgan fingerprint density at radius 1 is 1.28 bits per heavy atom. The molecule has 0 unspecified atom stereocenters. The first kappa shape index (κ1) is 12.2. The Bertz CT molecular complexity index is 611. The van der Waals surface area contributed by atoms with E-state index < -0.39 is 0 Å². The SMILES string of the molecule is C/C=C/c1c(C(=O)OC)c2ccccc2n1OC. The molecule has 0 saturated heterocycles. The lowest BCUT2D eigenvalue weighted by atomic mass is 10.1. The smallest absolute Gasteiger partial charge is 0.340 e. The quantitative estimate of drug-likeness (QED) is 0.780. The molecule has 0 amide bonds. The average Bonchev–Trinajstić information content (AvgIpc) is 2.71. The molecule has 1 aromatic heterocycles. The van der Waals surface area contributed by atoms with E-state index in [1.54, 1.807) is 11.8 Å². The maximum absolute atomic E-state index is 11.9. The number of carbonyl (C=O) groups is 1. The number of para-hydroxylation sites is 1. The lowest BCUT2D eigenvalue weighted by molar-refractivity contribution is 0.0600. The maximum Gasteiger partial charge on any atom is 0.340 e. The van der Waals surface area contributed by atoms with Crippen molar-refractivity contribution in [3.63, 3.8) is 0 Å². The van der Waals surface area contributed by atoms with Crippen LogP contribution in [-0.2, 0) is 4.74 Å². The minimum absolute atomic E-state index is 0.366. The van der Waals surface area contributed by atoms with Gasteiger partial charge in [-0.05, 0) is 19.1 Å². The van der Waals surface area contributed by atoms with E-state index >= 15 is 0 Å². The molecule has 1 aromatic carbocycles. The van der Waals surface area contributed by atoms with Gasteiger partial charge >= 0.3 is 5.97 Å². The average molecular weight is 245 g/mol. The summed E-state index contributed by atoms with van der Waals surface area (Å²) < 4.78 is 6.47. The summed E-state index contributed by atoms with van der Waals surface area (Å²) in [6.07, 6.45) is 3.69. The fourth-order valence-electron chi connectivity index (χ4n) is 2.05. The summed E-state index contributed by atoms with van der Waals surface area (Å²) in [5.41, 5.74) is 2.05. The molecule has 94 valence electrons. The van der Waals surface area contributed by atoms with E-state index in [1.807, 2.05) is 43.3 Å². The summed E-state index contributed by atoms with van der Waals surface area (Å²) in [5, 5.41) is 0.819. The summed E-state index contributed by atoms with van der Waals surface area (Å²) in [6, 6.07) is 7.56. The molecule has 0 bridgehead atoms. The van der Waals surface area contributed by atoms with Gasteiger partial charge in [-0.2, -0.15) is 4.73 Å². The summed E-state index contributed by atoms with van der Waals surface area (Å²) in [5.74, 6) is -0.366. The molecule has 2 rings (SSSR count). The first-order valence-electron chi connectivity index (χ1n) is 5.63. The second kappa shape index (κ2) is 4.96. The summed E-state index contributed by atoms with van der Waals surface area (Å²) in [7, 11) is 2.95. The van der Waals surface area contributed by atoms with Crippen molar-refractivity contribution >= 4 is 22.9 Å². The van der Waals surface area contributed by atoms with Gasteiger partial charge in [0.1, 0.15) is 7.11 Å². The Kier molecular flexibility index (Phi) is 3.37. The first-order chi connectivity index (χ1) is 8.74. The molecule has 0 spiro atoms. The van der Waals surface area contributed by atoms with Crippen LogP contribution in [0.25, 0.3) is 17.0 Å². The Morgan fingerprint density at radius 2 is 2.00 bits per heavy atom. The van der Waals surface area contributed by atoms with Crippen molar-refractivity contribution in [3.8, 4) is 0 Å². The number of hydrogen-bond donors (Lipinski definition) is 0. The van der Waals surface area contributed by atoms with Gasteiger partial charge in [-0.3, -0.25) is 0 Å². The van der Waals surface area contributed by atoms with Gasteiger partial charge in [-0.1, -0.05) is 24.3 Å². The highest BCUT2D eigenvalue weighted by molar-refractivity contribution is 6.07. The number of hydrogen-bond acceptors (Lipinski definition) is 3. The number of benzene rings is 1. The van der Waals surface area contributed by atoms with Crippen molar-refractivity contribution < 1.29 is 14.4 Å². The maximum atomic E-state index is 11.9. The van der Waals surface area contributed by atoms with Gasteiger partial charge in [-0.15, -0.1) is 0 Å². The Balaban J connectivity index is 2.87. The van der Waals surface area contributed by atoms with Crippen LogP contribution in [0.4, 0.5) is 0 Å². The number of fused-ring (bicyclic) bond motifs is 1. The summed E-state index contributed by atoms with van der Waals surface area (Å²) >= 11 is 0. The third-order valence-corrected chi connectivity index (χ3v) is 2.76. The molecular formula is C14H15NO3. The van der Waals surface area contributed by atoms with Crippen LogP contribution >= 0.6 is 0 Å². The normalized spacial score (nSPS) is 11.1. The van der Waals surface area contributed by atoms with Gasteiger partial charge in [0, 0.05) is 5.39 Å². The number of ether oxygens (including phenoxy) is 1. The lowest BCUT2D eigenvalue weighted by Crippen LogP contribution is -2.09. The van der Waals surface area contributed by atoms with Crippen molar-refractivity contribution in [2.24, 2.45) is 0 Å². The molecule has 0 aliphatic carbocycles. The molecule has 2 aromatic rings. The molecule has 0 aliphatic heterocycles. The lowest BCUT2D eigenvalue weighted by Gasteiger charge is -2.05. The number of methoxy groups -OCH3 is 1. The molecule has 4 heteroatoms. The molecule has 0 radical (unpaired) electrons. The second-order valence-corrected chi connectivity index (χ2v) is 3.75. The number of nitrogens with zero attached hydrogens (tertiary/aromatic N) is 1. The highest BCUT2D eigenvalue weighted by atomic mass is 16.6. The van der Waals surface area contributed by atoms with Gasteiger partial charge in [0.2, 0.25) is 0 Å². The van der Waals surface area contributed by atoms with E-state index in [0.29, 0.717) is 11.3 Å². The van der Waals surface area contributed by atoms with E-state index in [-0.39, 0.29) is 5.97 Å². The zero-order chi connectivity index (χ0) is 13.1. The Morgan fingerprint density at radius 3 is 2.61 bits per heavy atom. The van der Waals surface area contributed by atoms with Gasteiger partial charge in [0.15, 0.2) is 0 Å². The molecule has 0 N–H and O–H groups in total. The van der Waals surface area contributed by atoms with E-state index in [1.165, 1.54) is 7.11 Å². The monoisotopic (exact) mass is 245 g/mol. The van der Waals surface area contributed by atoms with Crippen LogP contribution in [0.15, 0.2) is 30.3 Å². The fraction of sp³-hybridized carbons (Fsp3) is 0.214. The second-order valence-electron chi connectivity index (χ2n) is 3.75.